The van der Waals surface area contributed by atoms with E-state index in [4.69, 9.17) is 0 Å². The van der Waals surface area contributed by atoms with Gasteiger partial charge in [-0.1, -0.05) is 109 Å². The number of nitrogens with zero attached hydrogens (tertiary/aromatic N) is 2. The van der Waals surface area contributed by atoms with Gasteiger partial charge in [-0.25, -0.2) is 4.79 Å². The molecular formula is C31H26N2O. The molecule has 34 heavy (non-hydrogen) atoms. The van der Waals surface area contributed by atoms with Gasteiger partial charge < -0.3 is 4.90 Å². The third-order valence-electron chi connectivity index (χ3n) is 5.90. The second-order valence-corrected chi connectivity index (χ2v) is 8.31. The van der Waals surface area contributed by atoms with E-state index in [9.17, 15) is 4.79 Å². The summed E-state index contributed by atoms with van der Waals surface area (Å²) in [5, 5.41) is 2.25. The molecule has 3 heteroatoms. The number of hydrogen-bond acceptors (Lipinski definition) is 1. The fraction of sp³-hybridized carbons (Fsp3) is 0.0645. The maximum atomic E-state index is 14.2. The van der Waals surface area contributed by atoms with Crippen LogP contribution in [0.1, 0.15) is 11.1 Å². The Labute approximate surface area is 200 Å². The third-order valence-corrected chi connectivity index (χ3v) is 5.90. The van der Waals surface area contributed by atoms with Crippen LogP contribution in [0.2, 0.25) is 0 Å². The van der Waals surface area contributed by atoms with Crippen LogP contribution < -0.4 is 4.90 Å². The van der Waals surface area contributed by atoms with Gasteiger partial charge in [0.1, 0.15) is 0 Å². The van der Waals surface area contributed by atoms with Crippen molar-refractivity contribution < 1.29 is 4.79 Å². The highest BCUT2D eigenvalue weighted by Crippen LogP contribution is 2.30. The van der Waals surface area contributed by atoms with Crippen LogP contribution in [0.15, 0.2) is 133 Å². The Balaban J connectivity index is 1.57. The molecule has 3 nitrogen and oxygen atoms in total. The highest BCUT2D eigenvalue weighted by atomic mass is 16.2. The molecule has 0 atom stereocenters. The summed E-state index contributed by atoms with van der Waals surface area (Å²) >= 11 is 0. The number of carbonyl (C=O) groups excluding carboxylic acids is 1. The van der Waals surface area contributed by atoms with Crippen LogP contribution in [0.3, 0.4) is 0 Å². The van der Waals surface area contributed by atoms with Gasteiger partial charge in [-0.3, -0.25) is 4.90 Å². The predicted octanol–water partition coefficient (Wildman–Crippen LogP) is 7.80. The van der Waals surface area contributed by atoms with E-state index in [-0.39, 0.29) is 6.03 Å². The van der Waals surface area contributed by atoms with E-state index >= 15 is 0 Å². The smallest absolute Gasteiger partial charge is 0.315 e. The molecule has 0 saturated heterocycles. The number of benzene rings is 5. The van der Waals surface area contributed by atoms with Crippen LogP contribution in [-0.4, -0.2) is 10.9 Å². The van der Waals surface area contributed by atoms with Gasteiger partial charge in [0, 0.05) is 13.1 Å². The van der Waals surface area contributed by atoms with E-state index in [1.165, 1.54) is 0 Å². The fourth-order valence-electron chi connectivity index (χ4n) is 4.20. The lowest BCUT2D eigenvalue weighted by Gasteiger charge is -2.31. The van der Waals surface area contributed by atoms with Crippen molar-refractivity contribution in [2.45, 2.75) is 13.1 Å². The lowest BCUT2D eigenvalue weighted by Crippen LogP contribution is -2.40. The Morgan fingerprint density at radius 2 is 1.00 bits per heavy atom. The van der Waals surface area contributed by atoms with Crippen LogP contribution in [0.4, 0.5) is 16.2 Å². The summed E-state index contributed by atoms with van der Waals surface area (Å²) in [6, 6.07) is 44.5. The van der Waals surface area contributed by atoms with Crippen molar-refractivity contribution in [1.29, 1.82) is 0 Å². The Morgan fingerprint density at radius 3 is 1.59 bits per heavy atom. The van der Waals surface area contributed by atoms with E-state index in [1.807, 2.05) is 94.7 Å². The topological polar surface area (TPSA) is 23.6 Å². The molecule has 5 aromatic rings. The Hall–Kier alpha value is -4.37. The molecule has 0 radical (unpaired) electrons. The van der Waals surface area contributed by atoms with Gasteiger partial charge >= 0.3 is 6.03 Å². The monoisotopic (exact) mass is 442 g/mol. The van der Waals surface area contributed by atoms with Gasteiger partial charge in [0.2, 0.25) is 0 Å². The van der Waals surface area contributed by atoms with E-state index in [0.29, 0.717) is 13.1 Å². The van der Waals surface area contributed by atoms with Gasteiger partial charge in [-0.2, -0.15) is 0 Å². The molecule has 0 heterocycles. The average molecular weight is 443 g/mol. The molecule has 2 amide bonds. The summed E-state index contributed by atoms with van der Waals surface area (Å²) in [5.74, 6) is 0. The van der Waals surface area contributed by atoms with Crippen molar-refractivity contribution in [3.63, 3.8) is 0 Å². The van der Waals surface area contributed by atoms with E-state index < -0.39 is 0 Å². The summed E-state index contributed by atoms with van der Waals surface area (Å²) in [5.41, 5.74) is 3.88. The number of fused-ring (bicyclic) bond motifs is 1. The summed E-state index contributed by atoms with van der Waals surface area (Å²) < 4.78 is 0. The lowest BCUT2D eigenvalue weighted by atomic mass is 10.1. The quantitative estimate of drug-likeness (QED) is 0.263. The Kier molecular flexibility index (Phi) is 6.35. The van der Waals surface area contributed by atoms with Crippen molar-refractivity contribution in [1.82, 2.24) is 4.90 Å². The minimum absolute atomic E-state index is 0.0609. The zero-order valence-corrected chi connectivity index (χ0v) is 18.9. The summed E-state index contributed by atoms with van der Waals surface area (Å²) in [6.45, 7) is 1.04. The SMILES string of the molecule is O=C(N(Cc1ccccc1)Cc1ccccc1)N(c1ccccc1)c1ccc2ccccc2c1. The van der Waals surface area contributed by atoms with E-state index in [2.05, 4.69) is 48.5 Å². The van der Waals surface area contributed by atoms with Crippen molar-refractivity contribution in [3.8, 4) is 0 Å². The number of urea groups is 1. The molecule has 166 valence electrons. The summed E-state index contributed by atoms with van der Waals surface area (Å²) in [7, 11) is 0. The van der Waals surface area contributed by atoms with Gasteiger partial charge in [0.15, 0.2) is 0 Å². The molecule has 0 aliphatic rings. The predicted molar refractivity (Wildman–Crippen MR) is 140 cm³/mol. The highest BCUT2D eigenvalue weighted by molar-refractivity contribution is 6.01. The van der Waals surface area contributed by atoms with Crippen LogP contribution in [-0.2, 0) is 13.1 Å². The van der Waals surface area contributed by atoms with Crippen molar-refractivity contribution in [2.24, 2.45) is 0 Å². The normalized spacial score (nSPS) is 10.7. The minimum Gasteiger partial charge on any atom is -0.315 e. The number of hydrogen-bond donors (Lipinski definition) is 0. The van der Waals surface area contributed by atoms with Crippen LogP contribution >= 0.6 is 0 Å². The van der Waals surface area contributed by atoms with Crippen molar-refractivity contribution in [3.05, 3.63) is 145 Å². The summed E-state index contributed by atoms with van der Waals surface area (Å²) in [4.78, 5) is 18.0. The molecule has 0 fully saturated rings. The molecule has 0 unspecified atom stereocenters. The number of carbonyl (C=O) groups is 1. The molecule has 0 spiro atoms. The first kappa shape index (κ1) is 21.5. The lowest BCUT2D eigenvalue weighted by molar-refractivity contribution is 0.202. The zero-order chi connectivity index (χ0) is 23.2. The molecule has 0 bridgehead atoms. The minimum atomic E-state index is -0.0609. The van der Waals surface area contributed by atoms with Crippen molar-refractivity contribution in [2.75, 3.05) is 4.90 Å². The number of anilines is 2. The van der Waals surface area contributed by atoms with E-state index in [0.717, 1.165) is 33.3 Å². The first-order valence-electron chi connectivity index (χ1n) is 11.5. The first-order chi connectivity index (χ1) is 16.8. The molecule has 0 aromatic heterocycles. The molecule has 0 aliphatic carbocycles. The number of para-hydroxylation sites is 1. The highest BCUT2D eigenvalue weighted by Gasteiger charge is 2.25. The number of rotatable bonds is 6. The van der Waals surface area contributed by atoms with Gasteiger partial charge in [-0.05, 0) is 46.2 Å². The maximum Gasteiger partial charge on any atom is 0.329 e. The first-order valence-corrected chi connectivity index (χ1v) is 11.5. The molecule has 0 saturated carbocycles. The van der Waals surface area contributed by atoms with Crippen LogP contribution in [0, 0.1) is 0 Å². The Morgan fingerprint density at radius 1 is 0.500 bits per heavy atom. The van der Waals surface area contributed by atoms with Crippen LogP contribution in [0.5, 0.6) is 0 Å². The van der Waals surface area contributed by atoms with Crippen molar-refractivity contribution >= 4 is 28.2 Å². The van der Waals surface area contributed by atoms with E-state index in [1.54, 1.807) is 0 Å². The molecule has 0 aliphatic heterocycles. The molecule has 0 N–H and O–H groups in total. The third kappa shape index (κ3) is 4.84. The fourth-order valence-corrected chi connectivity index (χ4v) is 4.20. The van der Waals surface area contributed by atoms with Gasteiger partial charge in [0.25, 0.3) is 0 Å². The second kappa shape index (κ2) is 10.1. The van der Waals surface area contributed by atoms with Crippen LogP contribution in [0.25, 0.3) is 10.8 Å². The largest absolute Gasteiger partial charge is 0.329 e. The summed E-state index contributed by atoms with van der Waals surface area (Å²) in [6.07, 6.45) is 0. The molecule has 5 rings (SSSR count). The maximum absolute atomic E-state index is 14.2. The average Bonchev–Trinajstić information content (AvgIpc) is 2.90. The Bertz CT molecular complexity index is 1330. The second-order valence-electron chi connectivity index (χ2n) is 8.31. The van der Waals surface area contributed by atoms with Gasteiger partial charge in [-0.15, -0.1) is 0 Å². The molecule has 5 aromatic carbocycles. The number of amides is 2. The molecular weight excluding hydrogens is 416 g/mol. The van der Waals surface area contributed by atoms with Gasteiger partial charge in [0.05, 0.1) is 11.4 Å². The standard InChI is InChI=1S/C31H26N2O/c34-31(32(23-25-12-4-1-5-13-25)24-26-14-6-2-7-15-26)33(29-18-8-3-9-19-29)30-21-20-27-16-10-11-17-28(27)22-30/h1-22H,23-24H2. The zero-order valence-electron chi connectivity index (χ0n) is 18.9.